The van der Waals surface area contributed by atoms with E-state index < -0.39 is 5.97 Å². The average Bonchev–Trinajstić information content (AvgIpc) is 3.15. The summed E-state index contributed by atoms with van der Waals surface area (Å²) < 4.78 is 5.10. The molecule has 0 atom stereocenters. The minimum atomic E-state index is -0.449. The van der Waals surface area contributed by atoms with Crippen LogP contribution in [-0.4, -0.2) is 23.5 Å². The number of nitrogens with zero attached hydrogens (tertiary/aromatic N) is 1. The zero-order chi connectivity index (χ0) is 16.4. The van der Waals surface area contributed by atoms with Crippen molar-refractivity contribution < 1.29 is 14.3 Å². The van der Waals surface area contributed by atoms with Crippen LogP contribution in [0.3, 0.4) is 0 Å². The predicted molar refractivity (Wildman–Crippen MR) is 92.6 cm³/mol. The van der Waals surface area contributed by atoms with E-state index in [1.165, 1.54) is 22.7 Å². The third kappa shape index (κ3) is 3.11. The molecule has 0 saturated heterocycles. The molecule has 0 saturated carbocycles. The molecule has 3 heterocycles. The number of rotatable bonds is 4. The van der Waals surface area contributed by atoms with Gasteiger partial charge in [0.2, 0.25) is 0 Å². The zero-order valence-electron chi connectivity index (χ0n) is 12.6. The number of hydrogen-bond donors (Lipinski definition) is 1. The summed E-state index contributed by atoms with van der Waals surface area (Å²) in [5.41, 5.74) is 1.32. The highest BCUT2D eigenvalue weighted by Gasteiger charge is 2.22. The summed E-state index contributed by atoms with van der Waals surface area (Å²) >= 11 is 2.57. The summed E-state index contributed by atoms with van der Waals surface area (Å²) in [5.74, 6) is -0.694. The van der Waals surface area contributed by atoms with E-state index in [-0.39, 0.29) is 12.5 Å². The SMILES string of the molecule is CCOC(=O)c1sc2nc(C)ccc2c1NC(=O)c1cccs1. The zero-order valence-corrected chi connectivity index (χ0v) is 14.2. The van der Waals surface area contributed by atoms with Crippen LogP contribution in [0.5, 0.6) is 0 Å². The lowest BCUT2D eigenvalue weighted by molar-refractivity contribution is 0.0533. The van der Waals surface area contributed by atoms with E-state index in [0.29, 0.717) is 20.3 Å². The van der Waals surface area contributed by atoms with E-state index in [0.717, 1.165) is 11.1 Å². The fourth-order valence-electron chi connectivity index (χ4n) is 2.12. The number of fused-ring (bicyclic) bond motifs is 1. The van der Waals surface area contributed by atoms with Crippen LogP contribution in [0.15, 0.2) is 29.6 Å². The molecule has 1 amide bonds. The number of carbonyl (C=O) groups is 2. The van der Waals surface area contributed by atoms with Gasteiger partial charge in [-0.2, -0.15) is 0 Å². The summed E-state index contributed by atoms with van der Waals surface area (Å²) in [6.07, 6.45) is 0. The molecule has 3 aromatic rings. The quantitative estimate of drug-likeness (QED) is 0.722. The van der Waals surface area contributed by atoms with Gasteiger partial charge < -0.3 is 10.1 Å². The number of nitrogens with one attached hydrogen (secondary N) is 1. The van der Waals surface area contributed by atoms with Crippen molar-refractivity contribution in [3.63, 3.8) is 0 Å². The molecule has 0 unspecified atom stereocenters. The van der Waals surface area contributed by atoms with Crippen molar-refractivity contribution in [3.05, 3.63) is 45.1 Å². The van der Waals surface area contributed by atoms with Crippen molar-refractivity contribution in [2.45, 2.75) is 13.8 Å². The summed E-state index contributed by atoms with van der Waals surface area (Å²) in [4.78, 5) is 30.6. The van der Waals surface area contributed by atoms with Crippen LogP contribution in [0.1, 0.15) is 32.0 Å². The van der Waals surface area contributed by atoms with Gasteiger partial charge in [0.15, 0.2) is 0 Å². The number of aromatic nitrogens is 1. The van der Waals surface area contributed by atoms with Crippen molar-refractivity contribution in [1.82, 2.24) is 4.98 Å². The normalized spacial score (nSPS) is 10.7. The monoisotopic (exact) mass is 346 g/mol. The number of pyridine rings is 1. The van der Waals surface area contributed by atoms with Gasteiger partial charge >= 0.3 is 5.97 Å². The molecular formula is C16H14N2O3S2. The van der Waals surface area contributed by atoms with Gasteiger partial charge in [-0.25, -0.2) is 9.78 Å². The molecule has 23 heavy (non-hydrogen) atoms. The molecule has 0 aromatic carbocycles. The van der Waals surface area contributed by atoms with Crippen LogP contribution in [0.2, 0.25) is 0 Å². The molecular weight excluding hydrogens is 332 g/mol. The van der Waals surface area contributed by atoms with E-state index in [1.54, 1.807) is 13.0 Å². The Labute approximate surface area is 140 Å². The summed E-state index contributed by atoms with van der Waals surface area (Å²) in [6, 6.07) is 7.26. The first-order valence-corrected chi connectivity index (χ1v) is 8.72. The van der Waals surface area contributed by atoms with E-state index in [1.807, 2.05) is 30.5 Å². The lowest BCUT2D eigenvalue weighted by Crippen LogP contribution is -2.13. The second-order valence-electron chi connectivity index (χ2n) is 4.76. The smallest absolute Gasteiger partial charge is 0.350 e. The average molecular weight is 346 g/mol. The molecule has 0 bridgehead atoms. The van der Waals surface area contributed by atoms with Crippen molar-refractivity contribution in [3.8, 4) is 0 Å². The van der Waals surface area contributed by atoms with Gasteiger partial charge in [-0.3, -0.25) is 4.79 Å². The number of anilines is 1. The van der Waals surface area contributed by atoms with Gasteiger partial charge in [0, 0.05) is 11.1 Å². The number of thiophene rings is 2. The first-order chi connectivity index (χ1) is 11.1. The van der Waals surface area contributed by atoms with Crippen LogP contribution in [0, 0.1) is 6.92 Å². The van der Waals surface area contributed by atoms with E-state index in [4.69, 9.17) is 4.74 Å². The van der Waals surface area contributed by atoms with Crippen molar-refractivity contribution >= 4 is 50.5 Å². The number of aryl methyl sites for hydroxylation is 1. The predicted octanol–water partition coefficient (Wildman–Crippen LogP) is 4.10. The third-order valence-corrected chi connectivity index (χ3v) is 5.09. The molecule has 5 nitrogen and oxygen atoms in total. The number of ether oxygens (including phenoxy) is 1. The maximum atomic E-state index is 12.3. The van der Waals surface area contributed by atoms with Crippen LogP contribution < -0.4 is 5.32 Å². The van der Waals surface area contributed by atoms with Crippen molar-refractivity contribution in [2.75, 3.05) is 11.9 Å². The molecule has 3 rings (SSSR count). The van der Waals surface area contributed by atoms with Gasteiger partial charge in [0.05, 0.1) is 17.2 Å². The van der Waals surface area contributed by atoms with Crippen LogP contribution in [0.25, 0.3) is 10.2 Å². The highest BCUT2D eigenvalue weighted by Crippen LogP contribution is 2.36. The molecule has 1 N–H and O–H groups in total. The minimum absolute atomic E-state index is 0.245. The Kier molecular flexibility index (Phi) is 4.40. The highest BCUT2D eigenvalue weighted by atomic mass is 32.1. The van der Waals surface area contributed by atoms with E-state index >= 15 is 0 Å². The molecule has 118 valence electrons. The fraction of sp³-hybridized carbons (Fsp3) is 0.188. The lowest BCUT2D eigenvalue weighted by Gasteiger charge is -2.06. The summed E-state index contributed by atoms with van der Waals surface area (Å²) in [7, 11) is 0. The molecule has 0 spiro atoms. The molecule has 0 radical (unpaired) electrons. The standard InChI is InChI=1S/C16H14N2O3S2/c1-3-21-16(20)13-12(18-14(19)11-5-4-8-22-11)10-7-6-9(2)17-15(10)23-13/h4-8H,3H2,1-2H3,(H,18,19). The Balaban J connectivity index is 2.06. The Morgan fingerprint density at radius 2 is 2.13 bits per heavy atom. The maximum Gasteiger partial charge on any atom is 0.350 e. The Morgan fingerprint density at radius 3 is 2.83 bits per heavy atom. The van der Waals surface area contributed by atoms with E-state index in [9.17, 15) is 9.59 Å². The van der Waals surface area contributed by atoms with E-state index in [2.05, 4.69) is 10.3 Å². The molecule has 7 heteroatoms. The minimum Gasteiger partial charge on any atom is -0.462 e. The number of esters is 1. The fourth-order valence-corrected chi connectivity index (χ4v) is 3.81. The Bertz CT molecular complexity index is 869. The van der Waals surface area contributed by atoms with Gasteiger partial charge in [-0.15, -0.1) is 22.7 Å². The van der Waals surface area contributed by atoms with Gasteiger partial charge in [-0.1, -0.05) is 6.07 Å². The van der Waals surface area contributed by atoms with Gasteiger partial charge in [0.1, 0.15) is 9.71 Å². The molecule has 3 aromatic heterocycles. The van der Waals surface area contributed by atoms with Crippen LogP contribution in [-0.2, 0) is 4.74 Å². The Morgan fingerprint density at radius 1 is 1.30 bits per heavy atom. The third-order valence-electron chi connectivity index (χ3n) is 3.14. The first kappa shape index (κ1) is 15.6. The largest absolute Gasteiger partial charge is 0.462 e. The molecule has 0 fully saturated rings. The molecule has 0 aliphatic rings. The van der Waals surface area contributed by atoms with Crippen LogP contribution in [0.4, 0.5) is 5.69 Å². The number of amides is 1. The molecule has 0 aliphatic heterocycles. The van der Waals surface area contributed by atoms with Gasteiger partial charge in [0.25, 0.3) is 5.91 Å². The van der Waals surface area contributed by atoms with Crippen molar-refractivity contribution in [1.29, 1.82) is 0 Å². The summed E-state index contributed by atoms with van der Waals surface area (Å²) in [6.45, 7) is 3.91. The van der Waals surface area contributed by atoms with Crippen LogP contribution >= 0.6 is 22.7 Å². The lowest BCUT2D eigenvalue weighted by atomic mass is 10.2. The number of hydrogen-bond acceptors (Lipinski definition) is 6. The molecule has 0 aliphatic carbocycles. The highest BCUT2D eigenvalue weighted by molar-refractivity contribution is 7.21. The topological polar surface area (TPSA) is 68.3 Å². The first-order valence-electron chi connectivity index (χ1n) is 7.02. The van der Waals surface area contributed by atoms with Crippen molar-refractivity contribution in [2.24, 2.45) is 0 Å². The maximum absolute atomic E-state index is 12.3. The Hall–Kier alpha value is -2.25. The van der Waals surface area contributed by atoms with Gasteiger partial charge in [-0.05, 0) is 37.4 Å². The number of carbonyl (C=O) groups excluding carboxylic acids is 2. The second kappa shape index (κ2) is 6.47. The summed E-state index contributed by atoms with van der Waals surface area (Å²) in [5, 5.41) is 5.41. The second-order valence-corrected chi connectivity index (χ2v) is 6.71.